The molecular weight excluding hydrogens is 398 g/mol. The van der Waals surface area contributed by atoms with Crippen LogP contribution in [0.5, 0.6) is 0 Å². The average molecular weight is 413 g/mol. The van der Waals surface area contributed by atoms with Gasteiger partial charge in [0.2, 0.25) is 0 Å². The second kappa shape index (κ2) is 7.64. The molecule has 1 amide bonds. The number of benzene rings is 2. The van der Waals surface area contributed by atoms with Gasteiger partial charge in [0.25, 0.3) is 11.6 Å². The number of nitro benzene ring substituents is 1. The van der Waals surface area contributed by atoms with E-state index in [0.717, 1.165) is 28.1 Å². The minimum atomic E-state index is -0.477. The predicted octanol–water partition coefficient (Wildman–Crippen LogP) is 3.63. The number of carbonyl (C=O) groups excluding carboxylic acids is 1. The van der Waals surface area contributed by atoms with Gasteiger partial charge in [0.15, 0.2) is 5.16 Å². The molecule has 0 radical (unpaired) electrons. The van der Waals surface area contributed by atoms with Crippen molar-refractivity contribution in [3.05, 3.63) is 64.5 Å². The molecule has 10 heteroatoms. The summed E-state index contributed by atoms with van der Waals surface area (Å²) in [5.41, 5.74) is 0.998. The molecule has 4 rings (SSSR count). The first-order valence-electron chi connectivity index (χ1n) is 8.38. The maximum Gasteiger partial charge on any atom is 0.284 e. The summed E-state index contributed by atoms with van der Waals surface area (Å²) in [6, 6.07) is 12.2. The molecule has 0 spiro atoms. The summed E-state index contributed by atoms with van der Waals surface area (Å²) in [4.78, 5) is 27.3. The summed E-state index contributed by atoms with van der Waals surface area (Å²) in [5.74, 6) is 0.538. The second-order valence-electron chi connectivity index (χ2n) is 6.04. The minimum Gasteiger partial charge on any atom is -0.311 e. The van der Waals surface area contributed by atoms with Crippen molar-refractivity contribution >= 4 is 40.8 Å². The fraction of sp³-hybridized carbons (Fsp3) is 0.167. The smallest absolute Gasteiger partial charge is 0.284 e. The molecule has 142 valence electrons. The maximum absolute atomic E-state index is 13.1. The highest BCUT2D eigenvalue weighted by molar-refractivity contribution is 7.99. The Kier molecular flexibility index (Phi) is 5.05. The maximum atomic E-state index is 13.1. The Balaban J connectivity index is 1.67. The van der Waals surface area contributed by atoms with Crippen molar-refractivity contribution in [2.24, 2.45) is 7.05 Å². The summed E-state index contributed by atoms with van der Waals surface area (Å²) in [7, 11) is 1.76. The molecule has 0 aliphatic carbocycles. The number of fused-ring (bicyclic) bond motifs is 1. The summed E-state index contributed by atoms with van der Waals surface area (Å²) >= 11 is 2.84. The summed E-state index contributed by atoms with van der Waals surface area (Å²) in [6.07, 6.45) is 1.53. The molecule has 2 aromatic carbocycles. The van der Waals surface area contributed by atoms with Gasteiger partial charge in [0.1, 0.15) is 6.33 Å². The van der Waals surface area contributed by atoms with Gasteiger partial charge >= 0.3 is 0 Å². The standard InChI is InChI=1S/C18H15N5O3S2/c1-21-11-19-20-18(21)28-16-7-6-12(10-14(16)23(25)26)17(24)22-8-9-27-15-5-3-2-4-13(15)22/h2-7,10-11H,8-9H2,1H3. The Morgan fingerprint density at radius 1 is 1.29 bits per heavy atom. The highest BCUT2D eigenvalue weighted by atomic mass is 32.2. The summed E-state index contributed by atoms with van der Waals surface area (Å²) < 4.78 is 1.68. The molecule has 0 saturated heterocycles. The lowest BCUT2D eigenvalue weighted by Gasteiger charge is -2.29. The number of anilines is 1. The second-order valence-corrected chi connectivity index (χ2v) is 8.18. The highest BCUT2D eigenvalue weighted by Crippen LogP contribution is 2.37. The SMILES string of the molecule is Cn1cnnc1Sc1ccc(C(=O)N2CCSc3ccccc32)cc1[N+](=O)[O-]. The van der Waals surface area contributed by atoms with Crippen LogP contribution < -0.4 is 4.90 Å². The first kappa shape index (κ1) is 18.5. The van der Waals surface area contributed by atoms with E-state index in [9.17, 15) is 14.9 Å². The van der Waals surface area contributed by atoms with E-state index in [2.05, 4.69) is 10.2 Å². The van der Waals surface area contributed by atoms with Crippen LogP contribution in [-0.4, -0.2) is 37.9 Å². The normalized spacial score (nSPS) is 13.2. The molecule has 1 aliphatic rings. The van der Waals surface area contributed by atoms with E-state index in [-0.39, 0.29) is 17.2 Å². The van der Waals surface area contributed by atoms with Gasteiger partial charge in [-0.05, 0) is 36.0 Å². The van der Waals surface area contributed by atoms with Crippen molar-refractivity contribution in [1.29, 1.82) is 0 Å². The zero-order valence-electron chi connectivity index (χ0n) is 14.8. The Morgan fingerprint density at radius 3 is 2.86 bits per heavy atom. The first-order valence-corrected chi connectivity index (χ1v) is 10.2. The van der Waals surface area contributed by atoms with Crippen LogP contribution in [0.2, 0.25) is 0 Å². The van der Waals surface area contributed by atoms with Gasteiger partial charge in [-0.1, -0.05) is 12.1 Å². The lowest BCUT2D eigenvalue weighted by atomic mass is 10.1. The number of thioether (sulfide) groups is 1. The molecule has 2 heterocycles. The van der Waals surface area contributed by atoms with Crippen LogP contribution in [0, 0.1) is 10.1 Å². The lowest BCUT2D eigenvalue weighted by Crippen LogP contribution is -2.35. The molecule has 1 aliphatic heterocycles. The third-order valence-corrected chi connectivity index (χ3v) is 6.41. The average Bonchev–Trinajstić information content (AvgIpc) is 3.11. The minimum absolute atomic E-state index is 0.126. The van der Waals surface area contributed by atoms with Gasteiger partial charge in [-0.3, -0.25) is 14.9 Å². The number of hydrogen-bond donors (Lipinski definition) is 0. The molecule has 8 nitrogen and oxygen atoms in total. The quantitative estimate of drug-likeness (QED) is 0.476. The lowest BCUT2D eigenvalue weighted by molar-refractivity contribution is -0.387. The van der Waals surface area contributed by atoms with Crippen LogP contribution in [0.4, 0.5) is 11.4 Å². The Labute approximate surface area is 169 Å². The summed E-state index contributed by atoms with van der Waals surface area (Å²) in [5, 5.41) is 19.9. The zero-order chi connectivity index (χ0) is 19.7. The number of amides is 1. The van der Waals surface area contributed by atoms with Crippen LogP contribution in [0.15, 0.2) is 63.7 Å². The fourth-order valence-electron chi connectivity index (χ4n) is 2.88. The van der Waals surface area contributed by atoms with Crippen molar-refractivity contribution in [2.75, 3.05) is 17.2 Å². The van der Waals surface area contributed by atoms with Crippen LogP contribution >= 0.6 is 23.5 Å². The number of nitro groups is 1. The van der Waals surface area contributed by atoms with Gasteiger partial charge in [0.05, 0.1) is 15.5 Å². The number of carbonyl (C=O) groups is 1. The molecule has 1 aromatic heterocycles. The van der Waals surface area contributed by atoms with Gasteiger partial charge in [-0.15, -0.1) is 22.0 Å². The highest BCUT2D eigenvalue weighted by Gasteiger charge is 2.26. The van der Waals surface area contributed by atoms with E-state index < -0.39 is 4.92 Å². The molecule has 0 atom stereocenters. The number of aromatic nitrogens is 3. The van der Waals surface area contributed by atoms with Crippen LogP contribution in [0.25, 0.3) is 0 Å². The Bertz CT molecular complexity index is 1070. The third-order valence-electron chi connectivity index (χ3n) is 4.25. The van der Waals surface area contributed by atoms with E-state index in [1.165, 1.54) is 12.4 Å². The monoisotopic (exact) mass is 413 g/mol. The van der Waals surface area contributed by atoms with Crippen LogP contribution in [0.1, 0.15) is 10.4 Å². The fourth-order valence-corrected chi connectivity index (χ4v) is 4.72. The molecular formula is C18H15N5O3S2. The molecule has 0 fully saturated rings. The van der Waals surface area contributed by atoms with E-state index in [1.54, 1.807) is 40.4 Å². The zero-order valence-corrected chi connectivity index (χ0v) is 16.4. The van der Waals surface area contributed by atoms with E-state index in [0.29, 0.717) is 16.6 Å². The number of aryl methyl sites for hydroxylation is 1. The van der Waals surface area contributed by atoms with Crippen molar-refractivity contribution in [2.45, 2.75) is 14.9 Å². The van der Waals surface area contributed by atoms with Gasteiger partial charge in [-0.2, -0.15) is 0 Å². The molecule has 28 heavy (non-hydrogen) atoms. The van der Waals surface area contributed by atoms with Gasteiger partial charge < -0.3 is 9.47 Å². The molecule has 0 N–H and O–H groups in total. The topological polar surface area (TPSA) is 94.2 Å². The van der Waals surface area contributed by atoms with Gasteiger partial charge in [0, 0.05) is 35.9 Å². The van der Waals surface area contributed by atoms with Crippen LogP contribution in [-0.2, 0) is 7.05 Å². The van der Waals surface area contributed by atoms with Crippen LogP contribution in [0.3, 0.4) is 0 Å². The molecule has 0 bridgehead atoms. The largest absolute Gasteiger partial charge is 0.311 e. The predicted molar refractivity (Wildman–Crippen MR) is 107 cm³/mol. The van der Waals surface area contributed by atoms with Crippen molar-refractivity contribution < 1.29 is 9.72 Å². The van der Waals surface area contributed by atoms with Crippen molar-refractivity contribution in [3.63, 3.8) is 0 Å². The molecule has 0 saturated carbocycles. The molecule has 3 aromatic rings. The summed E-state index contributed by atoms with van der Waals surface area (Å²) in [6.45, 7) is 0.559. The number of nitrogens with zero attached hydrogens (tertiary/aromatic N) is 5. The number of hydrogen-bond acceptors (Lipinski definition) is 7. The first-order chi connectivity index (χ1) is 13.5. The van der Waals surface area contributed by atoms with Crippen molar-refractivity contribution in [1.82, 2.24) is 14.8 Å². The number of rotatable bonds is 4. The Hall–Kier alpha value is -2.85. The van der Waals surface area contributed by atoms with E-state index in [1.807, 2.05) is 24.3 Å². The van der Waals surface area contributed by atoms with E-state index >= 15 is 0 Å². The Morgan fingerprint density at radius 2 is 2.11 bits per heavy atom. The van der Waals surface area contributed by atoms with Gasteiger partial charge in [-0.25, -0.2) is 0 Å². The third kappa shape index (κ3) is 3.48. The van der Waals surface area contributed by atoms with Crippen molar-refractivity contribution in [3.8, 4) is 0 Å². The van der Waals surface area contributed by atoms with E-state index in [4.69, 9.17) is 0 Å². The molecule has 0 unspecified atom stereocenters. The number of para-hydroxylation sites is 1.